The molecule has 4 rings (SSSR count). The third kappa shape index (κ3) is 3.83. The summed E-state index contributed by atoms with van der Waals surface area (Å²) in [5, 5.41) is 3.03. The molecule has 1 heterocycles. The van der Waals surface area contributed by atoms with Crippen LogP contribution < -0.4 is 14.8 Å². The molecule has 30 heavy (non-hydrogen) atoms. The number of ether oxygens (including phenoxy) is 2. The van der Waals surface area contributed by atoms with E-state index in [1.165, 1.54) is 16.7 Å². The lowest BCUT2D eigenvalue weighted by molar-refractivity contribution is 0.194. The van der Waals surface area contributed by atoms with Crippen molar-refractivity contribution in [3.8, 4) is 11.5 Å². The van der Waals surface area contributed by atoms with Gasteiger partial charge in [0.15, 0.2) is 0 Å². The van der Waals surface area contributed by atoms with Gasteiger partial charge in [-0.2, -0.15) is 0 Å². The predicted octanol–water partition coefficient (Wildman–Crippen LogP) is 5.19. The second-order valence-electron chi connectivity index (χ2n) is 7.45. The average molecular weight is 402 g/mol. The van der Waals surface area contributed by atoms with Crippen LogP contribution in [0.15, 0.2) is 66.7 Å². The fraction of sp³-hybridized carbons (Fsp3) is 0.240. The highest BCUT2D eigenvalue weighted by Crippen LogP contribution is 2.36. The number of amides is 2. The summed E-state index contributed by atoms with van der Waals surface area (Å²) in [4.78, 5) is 15.3. The van der Waals surface area contributed by atoms with Crippen LogP contribution in [0.2, 0.25) is 0 Å². The smallest absolute Gasteiger partial charge is 0.322 e. The Morgan fingerprint density at radius 1 is 1.00 bits per heavy atom. The van der Waals surface area contributed by atoms with Gasteiger partial charge in [0.1, 0.15) is 11.5 Å². The summed E-state index contributed by atoms with van der Waals surface area (Å²) in [6.45, 7) is 2.70. The normalized spacial score (nSPS) is 15.3. The molecule has 0 aromatic heterocycles. The molecule has 1 aliphatic heterocycles. The Morgan fingerprint density at radius 2 is 1.77 bits per heavy atom. The summed E-state index contributed by atoms with van der Waals surface area (Å²) in [6.07, 6.45) is 0.821. The van der Waals surface area contributed by atoms with Gasteiger partial charge in [-0.25, -0.2) is 4.79 Å². The monoisotopic (exact) mass is 402 g/mol. The molecule has 0 fully saturated rings. The summed E-state index contributed by atoms with van der Waals surface area (Å²) in [6, 6.07) is 21.8. The van der Waals surface area contributed by atoms with E-state index in [2.05, 4.69) is 54.7 Å². The number of hydrogen-bond acceptors (Lipinski definition) is 3. The molecule has 0 saturated carbocycles. The topological polar surface area (TPSA) is 50.8 Å². The fourth-order valence-electron chi connectivity index (χ4n) is 3.99. The minimum atomic E-state index is -0.165. The van der Waals surface area contributed by atoms with Crippen molar-refractivity contribution >= 4 is 11.7 Å². The van der Waals surface area contributed by atoms with Gasteiger partial charge >= 0.3 is 6.03 Å². The number of carbonyl (C=O) groups is 1. The maximum Gasteiger partial charge on any atom is 0.322 e. The van der Waals surface area contributed by atoms with Crippen LogP contribution in [0.3, 0.4) is 0 Å². The Labute approximate surface area is 177 Å². The molecule has 5 heteroatoms. The van der Waals surface area contributed by atoms with Crippen molar-refractivity contribution < 1.29 is 14.3 Å². The highest BCUT2D eigenvalue weighted by Gasteiger charge is 2.32. The van der Waals surface area contributed by atoms with Gasteiger partial charge in [-0.05, 0) is 42.2 Å². The second kappa shape index (κ2) is 8.49. The number of nitrogens with zero attached hydrogens (tertiary/aromatic N) is 1. The first-order valence-corrected chi connectivity index (χ1v) is 10.0. The lowest BCUT2D eigenvalue weighted by atomic mass is 9.88. The van der Waals surface area contributed by atoms with Gasteiger partial charge in [0.05, 0.1) is 25.9 Å². The molecule has 1 atom stereocenters. The number of aryl methyl sites for hydroxylation is 1. The molecule has 3 aromatic carbocycles. The number of benzene rings is 3. The van der Waals surface area contributed by atoms with Gasteiger partial charge < -0.3 is 19.7 Å². The third-order valence-corrected chi connectivity index (χ3v) is 5.59. The van der Waals surface area contributed by atoms with Crippen molar-refractivity contribution in [3.63, 3.8) is 0 Å². The maximum atomic E-state index is 13.4. The van der Waals surface area contributed by atoms with Crippen molar-refractivity contribution in [3.05, 3.63) is 89.0 Å². The molecule has 2 amide bonds. The van der Waals surface area contributed by atoms with Gasteiger partial charge in [0.25, 0.3) is 0 Å². The van der Waals surface area contributed by atoms with E-state index in [0.717, 1.165) is 12.0 Å². The average Bonchev–Trinajstić information content (AvgIpc) is 2.78. The summed E-state index contributed by atoms with van der Waals surface area (Å²) in [5.74, 6) is 1.25. The van der Waals surface area contributed by atoms with Crippen LogP contribution in [0.1, 0.15) is 28.3 Å². The summed E-state index contributed by atoms with van der Waals surface area (Å²) in [7, 11) is 3.19. The Morgan fingerprint density at radius 3 is 2.50 bits per heavy atom. The zero-order valence-corrected chi connectivity index (χ0v) is 17.5. The number of anilines is 1. The van der Waals surface area contributed by atoms with Crippen molar-refractivity contribution in [1.29, 1.82) is 0 Å². The van der Waals surface area contributed by atoms with Gasteiger partial charge in [0.2, 0.25) is 0 Å². The van der Waals surface area contributed by atoms with E-state index in [1.807, 2.05) is 11.0 Å². The molecule has 0 bridgehead atoms. The number of rotatable bonds is 4. The zero-order chi connectivity index (χ0) is 21.1. The lowest BCUT2D eigenvalue weighted by Gasteiger charge is -2.37. The first-order valence-electron chi connectivity index (χ1n) is 10.0. The Kier molecular flexibility index (Phi) is 5.61. The molecule has 1 N–H and O–H groups in total. The molecular weight excluding hydrogens is 376 g/mol. The predicted molar refractivity (Wildman–Crippen MR) is 118 cm³/mol. The van der Waals surface area contributed by atoms with Crippen LogP contribution in [0.5, 0.6) is 11.5 Å². The quantitative estimate of drug-likeness (QED) is 0.653. The lowest BCUT2D eigenvalue weighted by Crippen LogP contribution is -2.43. The first-order chi connectivity index (χ1) is 14.6. The summed E-state index contributed by atoms with van der Waals surface area (Å²) >= 11 is 0. The summed E-state index contributed by atoms with van der Waals surface area (Å²) in [5.41, 5.74) is 5.33. The number of hydrogen-bond donors (Lipinski definition) is 1. The largest absolute Gasteiger partial charge is 0.497 e. The molecule has 1 aliphatic rings. The Bertz CT molecular complexity index is 1050. The fourth-order valence-corrected chi connectivity index (χ4v) is 3.99. The van der Waals surface area contributed by atoms with Crippen LogP contribution in [0, 0.1) is 6.92 Å². The van der Waals surface area contributed by atoms with E-state index in [-0.39, 0.29) is 12.1 Å². The highest BCUT2D eigenvalue weighted by molar-refractivity contribution is 5.92. The van der Waals surface area contributed by atoms with Crippen LogP contribution in [0.4, 0.5) is 10.5 Å². The minimum absolute atomic E-state index is 0.146. The van der Waals surface area contributed by atoms with Crippen LogP contribution >= 0.6 is 0 Å². The molecule has 3 aromatic rings. The van der Waals surface area contributed by atoms with Crippen molar-refractivity contribution in [1.82, 2.24) is 4.90 Å². The molecule has 0 aliphatic carbocycles. The first kappa shape index (κ1) is 19.8. The zero-order valence-electron chi connectivity index (χ0n) is 17.5. The molecule has 0 spiro atoms. The molecular formula is C25H26N2O3. The molecule has 1 unspecified atom stereocenters. The van der Waals surface area contributed by atoms with E-state index in [0.29, 0.717) is 23.7 Å². The van der Waals surface area contributed by atoms with Gasteiger partial charge in [-0.1, -0.05) is 54.1 Å². The molecule has 154 valence electrons. The summed E-state index contributed by atoms with van der Waals surface area (Å²) < 4.78 is 10.7. The molecule has 0 saturated heterocycles. The number of nitrogens with one attached hydrogen (secondary N) is 1. The number of methoxy groups -OCH3 is 2. The van der Waals surface area contributed by atoms with Gasteiger partial charge in [-0.15, -0.1) is 0 Å². The second-order valence-corrected chi connectivity index (χ2v) is 7.45. The van der Waals surface area contributed by atoms with E-state index in [4.69, 9.17) is 9.47 Å². The highest BCUT2D eigenvalue weighted by atomic mass is 16.5. The number of urea groups is 1. The van der Waals surface area contributed by atoms with Crippen molar-refractivity contribution in [2.75, 3.05) is 26.1 Å². The van der Waals surface area contributed by atoms with Crippen LogP contribution in [-0.4, -0.2) is 31.7 Å². The molecule has 5 nitrogen and oxygen atoms in total. The minimum Gasteiger partial charge on any atom is -0.497 e. The number of fused-ring (bicyclic) bond motifs is 1. The van der Waals surface area contributed by atoms with E-state index in [1.54, 1.807) is 32.4 Å². The van der Waals surface area contributed by atoms with Crippen LogP contribution in [-0.2, 0) is 6.42 Å². The van der Waals surface area contributed by atoms with E-state index in [9.17, 15) is 4.79 Å². The molecule has 0 radical (unpaired) electrons. The Hall–Kier alpha value is -3.47. The third-order valence-electron chi connectivity index (χ3n) is 5.59. The van der Waals surface area contributed by atoms with Crippen LogP contribution in [0.25, 0.3) is 0 Å². The van der Waals surface area contributed by atoms with Gasteiger partial charge in [-0.3, -0.25) is 0 Å². The van der Waals surface area contributed by atoms with Crippen molar-refractivity contribution in [2.24, 2.45) is 0 Å². The SMILES string of the molecule is COc1ccc(OC)c(NC(=O)N2CCc3ccccc3C2c2ccc(C)cc2)c1. The van der Waals surface area contributed by atoms with E-state index >= 15 is 0 Å². The Balaban J connectivity index is 1.70. The number of carbonyl (C=O) groups excluding carboxylic acids is 1. The maximum absolute atomic E-state index is 13.4. The van der Waals surface area contributed by atoms with Gasteiger partial charge in [0, 0.05) is 12.6 Å². The van der Waals surface area contributed by atoms with Crippen molar-refractivity contribution in [2.45, 2.75) is 19.4 Å². The standard InChI is InChI=1S/C25H26N2O3/c1-17-8-10-19(11-9-17)24-21-7-5-4-6-18(21)14-15-27(24)25(28)26-22-16-20(29-2)12-13-23(22)30-3/h4-13,16,24H,14-15H2,1-3H3,(H,26,28). The van der Waals surface area contributed by atoms with E-state index < -0.39 is 0 Å².